The zero-order valence-electron chi connectivity index (χ0n) is 52.6. The van der Waals surface area contributed by atoms with Crippen LogP contribution >= 0.6 is 0 Å². The Hall–Kier alpha value is -7.80. The molecule has 0 saturated heterocycles. The van der Waals surface area contributed by atoms with E-state index in [9.17, 15) is 0 Å². The summed E-state index contributed by atoms with van der Waals surface area (Å²) in [6, 6.07) is 107. The molecule has 0 unspecified atom stereocenters. The van der Waals surface area contributed by atoms with Gasteiger partial charge in [0.1, 0.15) is 0 Å². The minimum absolute atomic E-state index is 0.0796. The summed E-state index contributed by atoms with van der Waals surface area (Å²) >= 11 is 0. The van der Waals surface area contributed by atoms with E-state index in [2.05, 4.69) is 380 Å². The van der Waals surface area contributed by atoms with Gasteiger partial charge in [0.2, 0.25) is 0 Å². The lowest BCUT2D eigenvalue weighted by Gasteiger charge is -2.35. The molecule has 0 aliphatic heterocycles. The molecule has 10 aromatic rings. The summed E-state index contributed by atoms with van der Waals surface area (Å²) in [6.07, 6.45) is 5.77. The van der Waals surface area contributed by atoms with Crippen LogP contribution in [-0.2, 0) is 21.7 Å². The van der Waals surface area contributed by atoms with Gasteiger partial charge >= 0.3 is 0 Å². The summed E-state index contributed by atoms with van der Waals surface area (Å²) in [6.45, 7) is 27.1. The third-order valence-electron chi connectivity index (χ3n) is 17.4. The number of hydrogen-bond donors (Lipinski definition) is 0. The smallest absolute Gasteiger partial charge is 0.0448 e. The van der Waals surface area contributed by atoms with Crippen LogP contribution in [0.3, 0.4) is 0 Å². The second-order valence-electron chi connectivity index (χ2n) is 23.1. The minimum Gasteiger partial charge on any atom is -0.0646 e. The van der Waals surface area contributed by atoms with Crippen molar-refractivity contribution in [3.63, 3.8) is 0 Å². The molecule has 0 N–H and O–H groups in total. The average molecular weight is 1100 g/mol. The van der Waals surface area contributed by atoms with E-state index in [1.54, 1.807) is 0 Å². The molecule has 0 aliphatic carbocycles. The van der Waals surface area contributed by atoms with Crippen molar-refractivity contribution in [1.29, 1.82) is 0 Å². The van der Waals surface area contributed by atoms with Crippen molar-refractivity contribution < 1.29 is 0 Å². The first-order chi connectivity index (χ1) is 40.2. The van der Waals surface area contributed by atoms with Crippen molar-refractivity contribution in [2.45, 2.75) is 149 Å². The fourth-order valence-electron chi connectivity index (χ4n) is 10.6. The van der Waals surface area contributed by atoms with Crippen LogP contribution in [0.1, 0.15) is 183 Å². The lowest BCUT2D eigenvalue weighted by Crippen LogP contribution is -2.28. The lowest BCUT2D eigenvalue weighted by molar-refractivity contribution is 0.439. The maximum atomic E-state index is 2.34. The summed E-state index contributed by atoms with van der Waals surface area (Å²) in [7, 11) is 0. The third-order valence-corrected chi connectivity index (χ3v) is 17.4. The van der Waals surface area contributed by atoms with E-state index in [1.807, 2.05) is 6.07 Å². The molecule has 430 valence electrons. The Labute approximate surface area is 504 Å². The normalized spacial score (nSPS) is 11.1. The fourth-order valence-corrected chi connectivity index (χ4v) is 10.6. The highest BCUT2D eigenvalue weighted by molar-refractivity contribution is 5.50. The molecular weight excluding hydrogens is 997 g/mol. The molecule has 0 amide bonds. The van der Waals surface area contributed by atoms with Gasteiger partial charge < -0.3 is 0 Å². The minimum atomic E-state index is -0.0796. The van der Waals surface area contributed by atoms with Crippen LogP contribution < -0.4 is 0 Å². The molecule has 0 fully saturated rings. The SMILES string of the molecule is CC(C)c1ccccc1.CC(c1ccccc1)c1ccccc1.CCC(C)(C)c1ccccc1.CCC(C)(CC)c1ccccc1.CCC(C)(c1ccccc1)c1ccccc1.CCC(c1ccccc1)(c1ccccc1)c1ccccc1. The molecule has 0 heterocycles. The number of rotatable bonds is 15. The summed E-state index contributed by atoms with van der Waals surface area (Å²) in [4.78, 5) is 0. The Bertz CT molecular complexity index is 2990. The van der Waals surface area contributed by atoms with Crippen molar-refractivity contribution in [3.05, 3.63) is 359 Å². The molecule has 0 spiro atoms. The van der Waals surface area contributed by atoms with Gasteiger partial charge in [-0.1, -0.05) is 386 Å². The van der Waals surface area contributed by atoms with Gasteiger partial charge in [0.05, 0.1) is 0 Å². The van der Waals surface area contributed by atoms with Gasteiger partial charge in [0.25, 0.3) is 0 Å². The van der Waals surface area contributed by atoms with Gasteiger partial charge in [-0.15, -0.1) is 0 Å². The van der Waals surface area contributed by atoms with Crippen molar-refractivity contribution in [1.82, 2.24) is 0 Å². The van der Waals surface area contributed by atoms with Crippen LogP contribution in [0.2, 0.25) is 0 Å². The maximum Gasteiger partial charge on any atom is 0.0448 e. The first kappa shape index (κ1) is 66.0. The van der Waals surface area contributed by atoms with Crippen molar-refractivity contribution in [3.8, 4) is 0 Å². The van der Waals surface area contributed by atoms with Crippen molar-refractivity contribution in [2.75, 3.05) is 0 Å². The first-order valence-corrected chi connectivity index (χ1v) is 30.8. The highest BCUT2D eigenvalue weighted by Crippen LogP contribution is 2.42. The molecule has 0 aromatic heterocycles. The van der Waals surface area contributed by atoms with E-state index in [0.717, 1.165) is 12.8 Å². The van der Waals surface area contributed by atoms with E-state index < -0.39 is 0 Å². The molecule has 0 radical (unpaired) electrons. The van der Waals surface area contributed by atoms with Crippen molar-refractivity contribution in [2.24, 2.45) is 0 Å². The molecule has 83 heavy (non-hydrogen) atoms. The van der Waals surface area contributed by atoms with Crippen LogP contribution in [0.25, 0.3) is 0 Å². The number of hydrogen-bond acceptors (Lipinski definition) is 0. The van der Waals surface area contributed by atoms with Crippen LogP contribution in [0.4, 0.5) is 0 Å². The largest absolute Gasteiger partial charge is 0.0646 e. The van der Waals surface area contributed by atoms with Gasteiger partial charge in [0.15, 0.2) is 0 Å². The molecule has 0 aliphatic rings. The Kier molecular flexibility index (Phi) is 27.5. The predicted molar refractivity (Wildman–Crippen MR) is 364 cm³/mol. The summed E-state index contributed by atoms with van der Waals surface area (Å²) < 4.78 is 0. The maximum absolute atomic E-state index is 2.34. The first-order valence-electron chi connectivity index (χ1n) is 30.8. The number of benzene rings is 10. The molecular formula is C83H98. The Morgan fingerprint density at radius 3 is 0.711 bits per heavy atom. The van der Waals surface area contributed by atoms with E-state index in [-0.39, 0.29) is 10.8 Å². The molecule has 10 aromatic carbocycles. The van der Waals surface area contributed by atoms with Crippen LogP contribution in [0, 0.1) is 0 Å². The summed E-state index contributed by atoms with van der Waals surface area (Å²) in [5, 5.41) is 0. The highest BCUT2D eigenvalue weighted by atomic mass is 14.4. The van der Waals surface area contributed by atoms with Crippen LogP contribution in [0.5, 0.6) is 0 Å². The highest BCUT2D eigenvalue weighted by Gasteiger charge is 2.34. The van der Waals surface area contributed by atoms with Gasteiger partial charge in [-0.2, -0.15) is 0 Å². The zero-order chi connectivity index (χ0) is 59.8. The average Bonchev–Trinajstić information content (AvgIpc) is 3.73. The zero-order valence-corrected chi connectivity index (χ0v) is 52.6. The van der Waals surface area contributed by atoms with Gasteiger partial charge in [-0.25, -0.2) is 0 Å². The van der Waals surface area contributed by atoms with E-state index in [0.29, 0.717) is 22.7 Å². The van der Waals surface area contributed by atoms with Crippen LogP contribution in [-0.4, -0.2) is 0 Å². The molecule has 10 rings (SSSR count). The van der Waals surface area contributed by atoms with Crippen molar-refractivity contribution >= 4 is 0 Å². The Morgan fingerprint density at radius 1 is 0.241 bits per heavy atom. The Balaban J connectivity index is 0.000000186. The Morgan fingerprint density at radius 2 is 0.482 bits per heavy atom. The van der Waals surface area contributed by atoms with Gasteiger partial charge in [0, 0.05) is 16.7 Å². The molecule has 0 nitrogen and oxygen atoms in total. The fraction of sp³-hybridized carbons (Fsp3) is 0.277. The van der Waals surface area contributed by atoms with E-state index >= 15 is 0 Å². The standard InChI is InChI=1S/C21H20.C16H18.C14H14.C12H18.C11H16.C9H12/c1-2-21(18-12-6-3-7-13-18,19-14-8-4-9-15-19)20-16-10-5-11-17-20;1-3-16(2,14-10-6-4-7-11-14)15-12-8-5-9-13-15;1-12(13-8-4-2-5-9-13)14-10-6-3-7-11-14;1-4-12(3,5-2)11-9-7-6-8-10-11;1-4-11(2,3)10-8-6-5-7-9-10;1-8(2)9-6-4-3-5-7-9/h3-17H,2H2,1H3;4-13H,3H2,1-2H3;2-12H,1H3;6-10H,4-5H2,1-3H3;5-9H,4H2,1-3H3;3-8H,1-2H3. The molecule has 0 bridgehead atoms. The molecule has 0 saturated carbocycles. The second kappa shape index (κ2) is 34.6. The molecule has 0 heteroatoms. The second-order valence-corrected chi connectivity index (χ2v) is 23.1. The lowest BCUT2D eigenvalue weighted by atomic mass is 9.68. The summed E-state index contributed by atoms with van der Waals surface area (Å²) in [5.74, 6) is 1.14. The topological polar surface area (TPSA) is 0 Å². The van der Waals surface area contributed by atoms with Gasteiger partial charge in [-0.3, -0.25) is 0 Å². The quantitative estimate of drug-likeness (QED) is 0.0898. The predicted octanol–water partition coefficient (Wildman–Crippen LogP) is 23.6. The van der Waals surface area contributed by atoms with E-state index in [1.165, 1.54) is 74.9 Å². The van der Waals surface area contributed by atoms with E-state index in [4.69, 9.17) is 0 Å². The monoisotopic (exact) mass is 1090 g/mol. The third kappa shape index (κ3) is 19.4. The molecule has 0 atom stereocenters. The van der Waals surface area contributed by atoms with Crippen LogP contribution in [0.15, 0.2) is 303 Å². The van der Waals surface area contributed by atoms with Gasteiger partial charge in [-0.05, 0) is 104 Å². The summed E-state index contributed by atoms with van der Waals surface area (Å²) in [5.41, 5.74) is 14.7.